The van der Waals surface area contributed by atoms with Crippen LogP contribution in [0.4, 0.5) is 0 Å². The lowest BCUT2D eigenvalue weighted by atomic mass is 10.1. The fourth-order valence-corrected chi connectivity index (χ4v) is 1.66. The summed E-state index contributed by atoms with van der Waals surface area (Å²) in [7, 11) is 0. The van der Waals surface area contributed by atoms with Gasteiger partial charge >= 0.3 is 0 Å². The molecule has 1 heterocycles. The average molecular weight is 245 g/mol. The maximum Gasteiger partial charge on any atom is 0.257 e. The van der Waals surface area contributed by atoms with Gasteiger partial charge in [0.2, 0.25) is 0 Å². The first-order chi connectivity index (χ1) is 8.49. The number of benzene rings is 1. The largest absolute Gasteiger partial charge is 0.334 e. The summed E-state index contributed by atoms with van der Waals surface area (Å²) in [4.78, 5) is 4.37. The van der Waals surface area contributed by atoms with Crippen molar-refractivity contribution in [2.75, 3.05) is 0 Å². The molecule has 0 amide bonds. The Labute approximate surface area is 107 Å². The zero-order valence-corrected chi connectivity index (χ0v) is 11.3. The van der Waals surface area contributed by atoms with Gasteiger partial charge < -0.3 is 10.3 Å². The van der Waals surface area contributed by atoms with E-state index in [0.717, 1.165) is 5.56 Å². The third-order valence-corrected chi connectivity index (χ3v) is 3.21. The zero-order chi connectivity index (χ0) is 13.3. The lowest BCUT2D eigenvalue weighted by molar-refractivity contribution is 0.400. The summed E-state index contributed by atoms with van der Waals surface area (Å²) in [6.45, 7) is 8.22. The van der Waals surface area contributed by atoms with E-state index in [0.29, 0.717) is 11.7 Å². The second kappa shape index (κ2) is 4.90. The average Bonchev–Trinajstić information content (AvgIpc) is 2.81. The van der Waals surface area contributed by atoms with Gasteiger partial charge in [-0.25, -0.2) is 0 Å². The van der Waals surface area contributed by atoms with Crippen LogP contribution in [0.5, 0.6) is 0 Å². The monoisotopic (exact) mass is 245 g/mol. The van der Waals surface area contributed by atoms with Gasteiger partial charge in [0.1, 0.15) is 0 Å². The van der Waals surface area contributed by atoms with E-state index in [1.54, 1.807) is 0 Å². The lowest BCUT2D eigenvalue weighted by Crippen LogP contribution is -2.18. The highest BCUT2D eigenvalue weighted by Gasteiger charge is 2.18. The van der Waals surface area contributed by atoms with Crippen LogP contribution >= 0.6 is 0 Å². The van der Waals surface area contributed by atoms with Gasteiger partial charge in [0, 0.05) is 5.56 Å². The first-order valence-corrected chi connectivity index (χ1v) is 6.16. The molecular formula is C14H19N3O. The van der Waals surface area contributed by atoms with Crippen LogP contribution in [0.25, 0.3) is 11.5 Å². The molecule has 0 saturated heterocycles. The fraction of sp³-hybridized carbons (Fsp3) is 0.429. The smallest absolute Gasteiger partial charge is 0.257 e. The van der Waals surface area contributed by atoms with Gasteiger partial charge in [0.25, 0.3) is 5.89 Å². The molecule has 4 nitrogen and oxygen atoms in total. The van der Waals surface area contributed by atoms with E-state index in [1.165, 1.54) is 11.1 Å². The topological polar surface area (TPSA) is 64.9 Å². The van der Waals surface area contributed by atoms with Gasteiger partial charge in [-0.3, -0.25) is 0 Å². The predicted octanol–water partition coefficient (Wildman–Crippen LogP) is 3.01. The molecule has 2 N–H and O–H groups in total. The Morgan fingerprint density at radius 1 is 1.17 bits per heavy atom. The van der Waals surface area contributed by atoms with Crippen molar-refractivity contribution in [3.05, 3.63) is 35.2 Å². The first-order valence-electron chi connectivity index (χ1n) is 6.16. The molecular weight excluding hydrogens is 226 g/mol. The van der Waals surface area contributed by atoms with Crippen LogP contribution in [0.15, 0.2) is 22.7 Å². The van der Waals surface area contributed by atoms with E-state index >= 15 is 0 Å². The van der Waals surface area contributed by atoms with Gasteiger partial charge in [0.15, 0.2) is 5.82 Å². The summed E-state index contributed by atoms with van der Waals surface area (Å²) in [5.74, 6) is 1.39. The highest BCUT2D eigenvalue weighted by molar-refractivity contribution is 5.55. The quantitative estimate of drug-likeness (QED) is 0.902. The molecule has 0 spiro atoms. The highest BCUT2D eigenvalue weighted by atomic mass is 16.5. The van der Waals surface area contributed by atoms with Crippen molar-refractivity contribution >= 4 is 0 Å². The predicted molar refractivity (Wildman–Crippen MR) is 71.0 cm³/mol. The summed E-state index contributed by atoms with van der Waals surface area (Å²) in [5.41, 5.74) is 9.39. The first kappa shape index (κ1) is 12.8. The number of aromatic nitrogens is 2. The molecule has 0 bridgehead atoms. The van der Waals surface area contributed by atoms with Crippen molar-refractivity contribution in [1.29, 1.82) is 0 Å². The maximum absolute atomic E-state index is 6.00. The minimum absolute atomic E-state index is 0.186. The Hall–Kier alpha value is -1.68. The number of hydrogen-bond acceptors (Lipinski definition) is 4. The molecule has 18 heavy (non-hydrogen) atoms. The Balaban J connectivity index is 2.32. The van der Waals surface area contributed by atoms with Crippen LogP contribution in [0, 0.1) is 19.8 Å². The number of nitrogens with two attached hydrogens (primary N) is 1. The summed E-state index contributed by atoms with van der Waals surface area (Å²) < 4.78 is 5.28. The van der Waals surface area contributed by atoms with Gasteiger partial charge in [0.05, 0.1) is 6.04 Å². The molecule has 1 aromatic heterocycles. The molecule has 2 rings (SSSR count). The van der Waals surface area contributed by atoms with Crippen LogP contribution < -0.4 is 5.73 Å². The molecule has 0 aliphatic rings. The van der Waals surface area contributed by atoms with Gasteiger partial charge in [-0.2, -0.15) is 4.98 Å². The molecule has 0 aliphatic carbocycles. The summed E-state index contributed by atoms with van der Waals surface area (Å²) in [6.07, 6.45) is 0. The molecule has 0 fully saturated rings. The Morgan fingerprint density at radius 2 is 1.89 bits per heavy atom. The number of hydrogen-bond donors (Lipinski definition) is 1. The summed E-state index contributed by atoms with van der Waals surface area (Å²) in [6, 6.07) is 5.90. The third-order valence-electron chi connectivity index (χ3n) is 3.21. The third kappa shape index (κ3) is 2.43. The fourth-order valence-electron chi connectivity index (χ4n) is 1.66. The van der Waals surface area contributed by atoms with Crippen molar-refractivity contribution < 1.29 is 4.52 Å². The second-order valence-corrected chi connectivity index (χ2v) is 5.03. The minimum Gasteiger partial charge on any atom is -0.334 e. The molecule has 1 aromatic carbocycles. The van der Waals surface area contributed by atoms with Crippen LogP contribution in [0.1, 0.15) is 36.8 Å². The molecule has 0 aliphatic heterocycles. The van der Waals surface area contributed by atoms with Crippen LogP contribution in [0.3, 0.4) is 0 Å². The molecule has 0 radical (unpaired) electrons. The molecule has 4 heteroatoms. The van der Waals surface area contributed by atoms with Gasteiger partial charge in [-0.1, -0.05) is 25.1 Å². The van der Waals surface area contributed by atoms with Crippen LogP contribution in [-0.4, -0.2) is 10.1 Å². The van der Waals surface area contributed by atoms with Crippen molar-refractivity contribution in [3.63, 3.8) is 0 Å². The Kier molecular flexibility index (Phi) is 3.48. The summed E-state index contributed by atoms with van der Waals surface area (Å²) >= 11 is 0. The Morgan fingerprint density at radius 3 is 2.50 bits per heavy atom. The van der Waals surface area contributed by atoms with E-state index in [9.17, 15) is 0 Å². The van der Waals surface area contributed by atoms with Crippen LogP contribution in [-0.2, 0) is 0 Å². The highest BCUT2D eigenvalue weighted by Crippen LogP contribution is 2.23. The summed E-state index contributed by atoms with van der Waals surface area (Å²) in [5, 5.41) is 3.95. The van der Waals surface area contributed by atoms with E-state index in [1.807, 2.05) is 26.0 Å². The number of nitrogens with zero attached hydrogens (tertiary/aromatic N) is 2. The zero-order valence-electron chi connectivity index (χ0n) is 11.3. The van der Waals surface area contributed by atoms with Crippen molar-refractivity contribution in [2.45, 2.75) is 33.7 Å². The SMILES string of the molecule is Cc1ccc(-c2nc(C(N)C(C)C)no2)cc1C. The van der Waals surface area contributed by atoms with E-state index in [4.69, 9.17) is 10.3 Å². The number of aryl methyl sites for hydroxylation is 2. The number of rotatable bonds is 3. The normalized spacial score (nSPS) is 13.0. The van der Waals surface area contributed by atoms with Crippen molar-refractivity contribution in [1.82, 2.24) is 10.1 Å². The minimum atomic E-state index is -0.186. The van der Waals surface area contributed by atoms with Gasteiger partial charge in [-0.15, -0.1) is 0 Å². The standard InChI is InChI=1S/C14H19N3O/c1-8(2)12(15)13-16-14(18-17-13)11-6-5-9(3)10(4)7-11/h5-8,12H,15H2,1-4H3. The lowest BCUT2D eigenvalue weighted by Gasteiger charge is -2.09. The molecule has 1 unspecified atom stereocenters. The van der Waals surface area contributed by atoms with Crippen molar-refractivity contribution in [3.8, 4) is 11.5 Å². The van der Waals surface area contributed by atoms with Gasteiger partial charge in [-0.05, 0) is 43.0 Å². The van der Waals surface area contributed by atoms with Crippen molar-refractivity contribution in [2.24, 2.45) is 11.7 Å². The molecule has 1 atom stereocenters. The second-order valence-electron chi connectivity index (χ2n) is 5.03. The maximum atomic E-state index is 6.00. The van der Waals surface area contributed by atoms with E-state index < -0.39 is 0 Å². The van der Waals surface area contributed by atoms with E-state index in [-0.39, 0.29) is 12.0 Å². The van der Waals surface area contributed by atoms with E-state index in [2.05, 4.69) is 30.1 Å². The molecule has 2 aromatic rings. The Bertz CT molecular complexity index is 546. The molecule has 0 saturated carbocycles. The van der Waals surface area contributed by atoms with Crippen LogP contribution in [0.2, 0.25) is 0 Å². The molecule has 96 valence electrons.